The number of benzene rings is 2. The van der Waals surface area contributed by atoms with Gasteiger partial charge in [-0.25, -0.2) is 0 Å². The molecule has 1 aromatic carbocycles. The average molecular weight is 448 g/mol. The monoisotopic (exact) mass is 448 g/mol. The quantitative estimate of drug-likeness (QED) is 0.260. The van der Waals surface area contributed by atoms with Crippen LogP contribution in [0, 0.1) is 0 Å². The van der Waals surface area contributed by atoms with Crippen LogP contribution in [0.15, 0.2) is 45.6 Å². The summed E-state index contributed by atoms with van der Waals surface area (Å²) in [6, 6.07) is 7.12. The number of ether oxygens (including phenoxy) is 2. The zero-order valence-corrected chi connectivity index (χ0v) is 16.3. The first-order valence-corrected chi connectivity index (χ1v) is 9.50. The Morgan fingerprint density at radius 3 is 2.31 bits per heavy atom. The molecule has 32 heavy (non-hydrogen) atoms. The molecular weight excluding hydrogens is 428 g/mol. The Hall–Kier alpha value is -3.35. The molecule has 5 atom stereocenters. The van der Waals surface area contributed by atoms with E-state index in [4.69, 9.17) is 13.9 Å². The van der Waals surface area contributed by atoms with Crippen LogP contribution in [-0.4, -0.2) is 73.1 Å². The van der Waals surface area contributed by atoms with E-state index in [1.54, 1.807) is 0 Å². The average Bonchev–Trinajstić information content (AvgIpc) is 2.76. The van der Waals surface area contributed by atoms with Crippen LogP contribution in [0.3, 0.4) is 0 Å². The molecule has 11 heteroatoms. The van der Waals surface area contributed by atoms with E-state index in [1.165, 1.54) is 18.2 Å². The van der Waals surface area contributed by atoms with Crippen LogP contribution in [0.1, 0.15) is 0 Å². The molecule has 0 spiro atoms. The van der Waals surface area contributed by atoms with Crippen molar-refractivity contribution < 1.29 is 49.6 Å². The SMILES string of the molecule is O=c1cc2oc(-c3ccc(O)c(O)c3)c(O)cc-2c(OC2OC(CO)C(O)C(O)C2O)c1. The molecule has 1 fully saturated rings. The van der Waals surface area contributed by atoms with E-state index in [0.29, 0.717) is 0 Å². The first-order chi connectivity index (χ1) is 15.2. The fourth-order valence-corrected chi connectivity index (χ4v) is 3.43. The third kappa shape index (κ3) is 3.83. The molecule has 4 rings (SSSR count). The molecule has 1 aromatic rings. The van der Waals surface area contributed by atoms with Crippen LogP contribution in [0.4, 0.5) is 0 Å². The fourth-order valence-electron chi connectivity index (χ4n) is 3.43. The van der Waals surface area contributed by atoms with Crippen LogP contribution in [-0.2, 0) is 4.74 Å². The van der Waals surface area contributed by atoms with E-state index in [1.807, 2.05) is 0 Å². The number of aromatic hydroxyl groups is 3. The second kappa shape index (κ2) is 8.30. The summed E-state index contributed by atoms with van der Waals surface area (Å²) in [6.45, 7) is -0.661. The lowest BCUT2D eigenvalue weighted by molar-refractivity contribution is -0.277. The highest BCUT2D eigenvalue weighted by atomic mass is 16.7. The summed E-state index contributed by atoms with van der Waals surface area (Å²) in [5.41, 5.74) is -0.218. The molecule has 2 heterocycles. The van der Waals surface area contributed by atoms with Crippen molar-refractivity contribution in [1.29, 1.82) is 0 Å². The fraction of sp³-hybridized carbons (Fsp3) is 0.286. The van der Waals surface area contributed by atoms with Gasteiger partial charge in [-0.3, -0.25) is 4.79 Å². The minimum atomic E-state index is -1.71. The van der Waals surface area contributed by atoms with Crippen molar-refractivity contribution in [3.05, 3.63) is 46.6 Å². The maximum absolute atomic E-state index is 12.2. The van der Waals surface area contributed by atoms with Crippen LogP contribution >= 0.6 is 0 Å². The molecule has 7 N–H and O–H groups in total. The molecule has 0 saturated carbocycles. The van der Waals surface area contributed by atoms with Gasteiger partial charge in [0.1, 0.15) is 35.9 Å². The Balaban J connectivity index is 1.74. The molecule has 0 bridgehead atoms. The van der Waals surface area contributed by atoms with Gasteiger partial charge in [-0.1, -0.05) is 0 Å². The molecular formula is C21H20O11. The molecule has 11 nitrogen and oxygen atoms in total. The van der Waals surface area contributed by atoms with E-state index in [-0.39, 0.29) is 39.9 Å². The lowest BCUT2D eigenvalue weighted by Gasteiger charge is -2.39. The topological polar surface area (TPSA) is 190 Å². The summed E-state index contributed by atoms with van der Waals surface area (Å²) >= 11 is 0. The second-order valence-corrected chi connectivity index (χ2v) is 7.31. The summed E-state index contributed by atoms with van der Waals surface area (Å²) in [7, 11) is 0. The number of hydrogen-bond acceptors (Lipinski definition) is 11. The number of phenols is 2. The molecule has 0 radical (unpaired) electrons. The van der Waals surface area contributed by atoms with Gasteiger partial charge in [0.2, 0.25) is 6.29 Å². The smallest absolute Gasteiger partial charge is 0.229 e. The zero-order chi connectivity index (χ0) is 23.2. The number of aliphatic hydroxyl groups excluding tert-OH is 4. The van der Waals surface area contributed by atoms with Gasteiger partial charge in [0.15, 0.2) is 28.4 Å². The van der Waals surface area contributed by atoms with Crippen molar-refractivity contribution in [2.24, 2.45) is 0 Å². The van der Waals surface area contributed by atoms with Crippen LogP contribution in [0.5, 0.6) is 23.0 Å². The number of aliphatic hydroxyl groups is 4. The van der Waals surface area contributed by atoms with Crippen molar-refractivity contribution in [3.63, 3.8) is 0 Å². The van der Waals surface area contributed by atoms with Gasteiger partial charge >= 0.3 is 0 Å². The predicted octanol–water partition coefficient (Wildman–Crippen LogP) is -0.293. The summed E-state index contributed by atoms with van der Waals surface area (Å²) in [6.07, 6.45) is -7.73. The van der Waals surface area contributed by atoms with Crippen LogP contribution < -0.4 is 10.2 Å². The Kier molecular flexibility index (Phi) is 5.67. The molecule has 1 aliphatic carbocycles. The van der Waals surface area contributed by atoms with Crippen molar-refractivity contribution in [2.45, 2.75) is 30.7 Å². The maximum Gasteiger partial charge on any atom is 0.229 e. The highest BCUT2D eigenvalue weighted by Gasteiger charge is 2.45. The van der Waals surface area contributed by atoms with Crippen molar-refractivity contribution in [2.75, 3.05) is 6.61 Å². The summed E-state index contributed by atoms with van der Waals surface area (Å²) < 4.78 is 16.5. The minimum absolute atomic E-state index is 0.0162. The molecule has 3 aliphatic rings. The molecule has 170 valence electrons. The first-order valence-electron chi connectivity index (χ1n) is 9.50. The molecule has 0 aromatic heterocycles. The molecule has 5 unspecified atom stereocenters. The van der Waals surface area contributed by atoms with Gasteiger partial charge in [-0.15, -0.1) is 0 Å². The summed E-state index contributed by atoms with van der Waals surface area (Å²) in [5, 5.41) is 69.0. The normalized spacial score (nSPS) is 25.7. The molecule has 1 saturated heterocycles. The van der Waals surface area contributed by atoms with Gasteiger partial charge in [-0.05, 0) is 24.3 Å². The Morgan fingerprint density at radius 2 is 1.62 bits per heavy atom. The molecule has 0 amide bonds. The van der Waals surface area contributed by atoms with Gasteiger partial charge in [0, 0.05) is 17.7 Å². The largest absolute Gasteiger partial charge is 0.504 e. The number of phenolic OH excluding ortho intramolecular Hbond substituents is 2. The van der Waals surface area contributed by atoms with E-state index in [2.05, 4.69) is 0 Å². The Labute approximate surface area is 179 Å². The van der Waals surface area contributed by atoms with Crippen LogP contribution in [0.25, 0.3) is 22.6 Å². The van der Waals surface area contributed by atoms with Crippen molar-refractivity contribution in [3.8, 4) is 45.6 Å². The lowest BCUT2D eigenvalue weighted by Crippen LogP contribution is -2.60. The third-order valence-electron chi connectivity index (χ3n) is 5.13. The van der Waals surface area contributed by atoms with Gasteiger partial charge in [0.05, 0.1) is 12.2 Å². The van der Waals surface area contributed by atoms with Crippen molar-refractivity contribution in [1.82, 2.24) is 0 Å². The Morgan fingerprint density at radius 1 is 0.875 bits per heavy atom. The van der Waals surface area contributed by atoms with Gasteiger partial charge in [-0.2, -0.15) is 0 Å². The lowest BCUT2D eigenvalue weighted by atomic mass is 9.99. The number of rotatable bonds is 4. The van der Waals surface area contributed by atoms with E-state index < -0.39 is 48.5 Å². The van der Waals surface area contributed by atoms with Gasteiger partial charge in [0.25, 0.3) is 0 Å². The van der Waals surface area contributed by atoms with Crippen LogP contribution in [0.2, 0.25) is 0 Å². The summed E-state index contributed by atoms with van der Waals surface area (Å²) in [4.78, 5) is 12.2. The number of hydrogen-bond donors (Lipinski definition) is 7. The zero-order valence-electron chi connectivity index (χ0n) is 16.3. The summed E-state index contributed by atoms with van der Waals surface area (Å²) in [5.74, 6) is -1.47. The highest BCUT2D eigenvalue weighted by molar-refractivity contribution is 5.75. The molecule has 2 aliphatic heterocycles. The predicted molar refractivity (Wildman–Crippen MR) is 106 cm³/mol. The maximum atomic E-state index is 12.2. The first kappa shape index (κ1) is 21.9. The minimum Gasteiger partial charge on any atom is -0.504 e. The third-order valence-corrected chi connectivity index (χ3v) is 5.13. The Bertz CT molecular complexity index is 1150. The van der Waals surface area contributed by atoms with E-state index in [0.717, 1.165) is 18.2 Å². The van der Waals surface area contributed by atoms with E-state index in [9.17, 15) is 40.5 Å². The van der Waals surface area contributed by atoms with Crippen molar-refractivity contribution >= 4 is 0 Å². The highest BCUT2D eigenvalue weighted by Crippen LogP contribution is 2.42. The second-order valence-electron chi connectivity index (χ2n) is 7.31. The number of fused-ring (bicyclic) bond motifs is 1. The van der Waals surface area contributed by atoms with Gasteiger partial charge < -0.3 is 49.6 Å². The van der Waals surface area contributed by atoms with E-state index >= 15 is 0 Å². The standard InChI is InChI=1S/C21H20O11/c22-7-16-17(27)18(28)19(29)21(32-16)31-15-5-9(23)4-14-10(15)6-13(26)20(30-14)8-1-2-11(24)12(25)3-8/h1-6,16-19,21-22,24-29H,7H2.